The van der Waals surface area contributed by atoms with Gasteiger partial charge in [-0.05, 0) is 52.0 Å². The van der Waals surface area contributed by atoms with Gasteiger partial charge in [0.2, 0.25) is 0 Å². The summed E-state index contributed by atoms with van der Waals surface area (Å²) < 4.78 is 16.8. The molecular weight excluding hydrogens is 248 g/mol. The third-order valence-electron chi connectivity index (χ3n) is 2.43. The Morgan fingerprint density at radius 3 is 2.22 bits per heavy atom. The zero-order valence-corrected chi connectivity index (χ0v) is 12.2. The first-order valence-corrected chi connectivity index (χ1v) is 7.31. The van der Waals surface area contributed by atoms with Crippen LogP contribution in [0.2, 0.25) is 0 Å². The van der Waals surface area contributed by atoms with Gasteiger partial charge in [0.05, 0.1) is 12.4 Å². The van der Waals surface area contributed by atoms with Crippen LogP contribution in [0.5, 0.6) is 5.75 Å². The fourth-order valence-corrected chi connectivity index (χ4v) is 2.16. The molecule has 1 rings (SSSR count). The third kappa shape index (κ3) is 4.26. The molecule has 0 radical (unpaired) electrons. The predicted octanol–water partition coefficient (Wildman–Crippen LogP) is 2.82. The number of Topliss-reactive ketones (excluding diaryl/α,β-unsaturated/α-hetero) is 1. The van der Waals surface area contributed by atoms with E-state index in [0.717, 1.165) is 5.75 Å². The summed E-state index contributed by atoms with van der Waals surface area (Å²) in [4.78, 5) is 11.9. The minimum atomic E-state index is -1.16. The third-order valence-corrected chi connectivity index (χ3v) is 4.32. The lowest BCUT2D eigenvalue weighted by Gasteiger charge is -2.16. The van der Waals surface area contributed by atoms with E-state index in [1.54, 1.807) is 24.3 Å². The van der Waals surface area contributed by atoms with Crippen LogP contribution in [0.15, 0.2) is 24.3 Å². The molecule has 1 unspecified atom stereocenters. The molecule has 18 heavy (non-hydrogen) atoms. The Morgan fingerprint density at radius 2 is 1.78 bits per heavy atom. The lowest BCUT2D eigenvalue weighted by molar-refractivity contribution is 0.102. The molecular formula is C14H20O3S. The van der Waals surface area contributed by atoms with Crippen molar-refractivity contribution in [1.82, 2.24) is 0 Å². The summed E-state index contributed by atoms with van der Waals surface area (Å²) in [5.41, 5.74) is 0.580. The van der Waals surface area contributed by atoms with Crippen LogP contribution >= 0.6 is 0 Å². The van der Waals surface area contributed by atoms with Crippen LogP contribution < -0.4 is 4.74 Å². The number of carbonyl (C=O) groups is 1. The molecule has 0 spiro atoms. The van der Waals surface area contributed by atoms with Gasteiger partial charge in [0.15, 0.2) is 5.78 Å². The Labute approximate surface area is 111 Å². The van der Waals surface area contributed by atoms with Crippen molar-refractivity contribution in [3.8, 4) is 5.75 Å². The van der Waals surface area contributed by atoms with Gasteiger partial charge in [-0.15, -0.1) is 0 Å². The minimum Gasteiger partial charge on any atom is -0.494 e. The molecule has 0 amide bonds. The average molecular weight is 268 g/mol. The van der Waals surface area contributed by atoms with Crippen LogP contribution in [-0.4, -0.2) is 27.1 Å². The van der Waals surface area contributed by atoms with Gasteiger partial charge >= 0.3 is 0 Å². The van der Waals surface area contributed by atoms with Gasteiger partial charge in [-0.1, -0.05) is 0 Å². The highest BCUT2D eigenvalue weighted by molar-refractivity contribution is 7.87. The standard InChI is InChI=1S/C14H20O3S/c1-5-17-12-8-6-11(7-9-12)13(15)10-18(16)14(2,3)4/h6-9H,5,10H2,1-4H3. The monoisotopic (exact) mass is 268 g/mol. The lowest BCUT2D eigenvalue weighted by Crippen LogP contribution is -2.27. The normalized spacial score (nSPS) is 13.1. The van der Waals surface area contributed by atoms with E-state index < -0.39 is 10.8 Å². The number of ketones is 1. The quantitative estimate of drug-likeness (QED) is 0.771. The van der Waals surface area contributed by atoms with Crippen LogP contribution in [0.1, 0.15) is 38.1 Å². The van der Waals surface area contributed by atoms with Crippen molar-refractivity contribution < 1.29 is 13.7 Å². The van der Waals surface area contributed by atoms with Gasteiger partial charge in [-0.3, -0.25) is 9.00 Å². The lowest BCUT2D eigenvalue weighted by atomic mass is 10.1. The van der Waals surface area contributed by atoms with E-state index in [4.69, 9.17) is 4.74 Å². The maximum Gasteiger partial charge on any atom is 0.175 e. The van der Waals surface area contributed by atoms with Crippen molar-refractivity contribution in [2.24, 2.45) is 0 Å². The molecule has 3 nitrogen and oxygen atoms in total. The summed E-state index contributed by atoms with van der Waals surface area (Å²) in [6.45, 7) is 8.12. The second kappa shape index (κ2) is 6.14. The topological polar surface area (TPSA) is 43.4 Å². The Kier molecular flexibility index (Phi) is 5.08. The van der Waals surface area contributed by atoms with Gasteiger partial charge in [0.25, 0.3) is 0 Å². The van der Waals surface area contributed by atoms with E-state index in [0.29, 0.717) is 12.2 Å². The molecule has 0 N–H and O–H groups in total. The molecule has 1 atom stereocenters. The highest BCUT2D eigenvalue weighted by Crippen LogP contribution is 2.16. The van der Waals surface area contributed by atoms with Gasteiger partial charge < -0.3 is 4.74 Å². The molecule has 1 aromatic rings. The van der Waals surface area contributed by atoms with E-state index >= 15 is 0 Å². The Balaban J connectivity index is 2.70. The first kappa shape index (κ1) is 14.9. The fraction of sp³-hybridized carbons (Fsp3) is 0.500. The van der Waals surface area contributed by atoms with Crippen molar-refractivity contribution >= 4 is 16.6 Å². The van der Waals surface area contributed by atoms with Crippen molar-refractivity contribution in [3.05, 3.63) is 29.8 Å². The van der Waals surface area contributed by atoms with E-state index in [2.05, 4.69) is 0 Å². The summed E-state index contributed by atoms with van der Waals surface area (Å²) in [6.07, 6.45) is 0. The van der Waals surface area contributed by atoms with Gasteiger partial charge in [0.1, 0.15) is 5.75 Å². The summed E-state index contributed by atoms with van der Waals surface area (Å²) in [5.74, 6) is 0.717. The second-order valence-corrected chi connectivity index (χ2v) is 7.19. The van der Waals surface area contributed by atoms with E-state index in [1.165, 1.54) is 0 Å². The van der Waals surface area contributed by atoms with Crippen molar-refractivity contribution in [1.29, 1.82) is 0 Å². The molecule has 1 aromatic carbocycles. The SMILES string of the molecule is CCOc1ccc(C(=O)CS(=O)C(C)(C)C)cc1. The maximum absolute atomic E-state index is 11.9. The van der Waals surface area contributed by atoms with Crippen molar-refractivity contribution in [3.63, 3.8) is 0 Å². The molecule has 0 saturated heterocycles. The summed E-state index contributed by atoms with van der Waals surface area (Å²) in [5, 5.41) is 0. The summed E-state index contributed by atoms with van der Waals surface area (Å²) in [7, 11) is -1.16. The van der Waals surface area contributed by atoms with Crippen molar-refractivity contribution in [2.75, 3.05) is 12.4 Å². The van der Waals surface area contributed by atoms with Crippen LogP contribution in [0.3, 0.4) is 0 Å². The largest absolute Gasteiger partial charge is 0.494 e. The average Bonchev–Trinajstić information content (AvgIpc) is 2.29. The molecule has 0 aliphatic heterocycles. The Hall–Kier alpha value is -1.16. The van der Waals surface area contributed by atoms with Crippen LogP contribution in [0.25, 0.3) is 0 Å². The number of carbonyl (C=O) groups excluding carboxylic acids is 1. The number of ether oxygens (including phenoxy) is 1. The number of rotatable bonds is 5. The van der Waals surface area contributed by atoms with Gasteiger partial charge in [-0.2, -0.15) is 0 Å². The maximum atomic E-state index is 11.9. The van der Waals surface area contributed by atoms with E-state index in [1.807, 2.05) is 27.7 Å². The van der Waals surface area contributed by atoms with E-state index in [9.17, 15) is 9.00 Å². The molecule has 0 heterocycles. The van der Waals surface area contributed by atoms with Crippen molar-refractivity contribution in [2.45, 2.75) is 32.4 Å². The fourth-order valence-electron chi connectivity index (χ4n) is 1.32. The minimum absolute atomic E-state index is 0.0669. The molecule has 0 aliphatic rings. The van der Waals surface area contributed by atoms with Crippen LogP contribution in [0, 0.1) is 0 Å². The smallest absolute Gasteiger partial charge is 0.175 e. The van der Waals surface area contributed by atoms with Crippen LogP contribution in [0.4, 0.5) is 0 Å². The highest BCUT2D eigenvalue weighted by Gasteiger charge is 2.22. The first-order valence-electron chi connectivity index (χ1n) is 5.99. The Bertz CT molecular complexity index is 429. The summed E-state index contributed by atoms with van der Waals surface area (Å²) >= 11 is 0. The number of hydrogen-bond donors (Lipinski definition) is 0. The molecule has 100 valence electrons. The molecule has 0 aromatic heterocycles. The molecule has 4 heteroatoms. The predicted molar refractivity (Wildman–Crippen MR) is 74.7 cm³/mol. The number of benzene rings is 1. The Morgan fingerprint density at radius 1 is 1.22 bits per heavy atom. The molecule has 0 fully saturated rings. The number of hydrogen-bond acceptors (Lipinski definition) is 3. The highest BCUT2D eigenvalue weighted by atomic mass is 32.2. The molecule has 0 aliphatic carbocycles. The molecule has 0 bridgehead atoms. The van der Waals surface area contributed by atoms with Gasteiger partial charge in [0, 0.05) is 21.1 Å². The second-order valence-electron chi connectivity index (χ2n) is 4.98. The first-order chi connectivity index (χ1) is 8.34. The zero-order chi connectivity index (χ0) is 13.8. The summed E-state index contributed by atoms with van der Waals surface area (Å²) in [6, 6.07) is 6.95. The van der Waals surface area contributed by atoms with Crippen LogP contribution in [-0.2, 0) is 10.8 Å². The zero-order valence-electron chi connectivity index (χ0n) is 11.4. The van der Waals surface area contributed by atoms with E-state index in [-0.39, 0.29) is 16.3 Å². The molecule has 0 saturated carbocycles. The van der Waals surface area contributed by atoms with Gasteiger partial charge in [-0.25, -0.2) is 0 Å².